The summed E-state index contributed by atoms with van der Waals surface area (Å²) in [5.74, 6) is 0.617. The number of anilines is 2. The van der Waals surface area contributed by atoms with Crippen LogP contribution in [0.5, 0.6) is 0 Å². The predicted molar refractivity (Wildman–Crippen MR) is 188 cm³/mol. The van der Waals surface area contributed by atoms with Crippen LogP contribution in [0.2, 0.25) is 0 Å². The van der Waals surface area contributed by atoms with Gasteiger partial charge < -0.3 is 9.32 Å². The van der Waals surface area contributed by atoms with Crippen LogP contribution < -0.4 is 14.8 Å². The van der Waals surface area contributed by atoms with Crippen LogP contribution in [0.25, 0.3) is 33.4 Å². The maximum absolute atomic E-state index is 12.6. The summed E-state index contributed by atoms with van der Waals surface area (Å²) in [5, 5.41) is 1.72. The van der Waals surface area contributed by atoms with E-state index in [1.165, 1.54) is 17.2 Å². The van der Waals surface area contributed by atoms with Gasteiger partial charge in [0, 0.05) is 63.8 Å². The van der Waals surface area contributed by atoms with Crippen LogP contribution in [0, 0.1) is 0 Å². The maximum atomic E-state index is 12.6. The minimum Gasteiger partial charge on any atom is -0.456 e. The van der Waals surface area contributed by atoms with Crippen LogP contribution >= 0.6 is 0 Å². The number of hydrogen-bond acceptors (Lipinski definition) is 4. The molecule has 0 amide bonds. The Labute approximate surface area is 271 Å². The van der Waals surface area contributed by atoms with Crippen LogP contribution in [0.15, 0.2) is 119 Å². The second-order valence-corrected chi connectivity index (χ2v) is 12.7. The highest BCUT2D eigenvalue weighted by molar-refractivity contribution is 7.86. The highest BCUT2D eigenvalue weighted by atomic mass is 32.2. The first-order chi connectivity index (χ1) is 22.3. The molecular weight excluding hydrogens is 593 g/mol. The van der Waals surface area contributed by atoms with Crippen molar-refractivity contribution < 1.29 is 17.4 Å². The van der Waals surface area contributed by atoms with Gasteiger partial charge in [-0.05, 0) is 62.6 Å². The standard InChI is InChI=1S/C39H38N2O4S/c1-5-27-15-9-12-18-34(27)40(7-3)29-21-23-31-36(25-29)45-37-26-30(41(8-4)35-19-13-10-16-28(35)6-2)22-24-32(37)39(31)33-17-11-14-20-38(33)46(42,43)44/h9-26H,5-8H2,1-4H3/p+1. The van der Waals surface area contributed by atoms with Gasteiger partial charge in [-0.2, -0.15) is 13.0 Å². The van der Waals surface area contributed by atoms with E-state index in [2.05, 4.69) is 85.7 Å². The van der Waals surface area contributed by atoms with Crippen molar-refractivity contribution in [2.45, 2.75) is 45.4 Å². The monoisotopic (exact) mass is 631 g/mol. The highest BCUT2D eigenvalue weighted by Crippen LogP contribution is 2.43. The van der Waals surface area contributed by atoms with E-state index in [1.54, 1.807) is 18.2 Å². The van der Waals surface area contributed by atoms with Crippen molar-refractivity contribution in [1.29, 1.82) is 0 Å². The van der Waals surface area contributed by atoms with Crippen LogP contribution in [0.3, 0.4) is 0 Å². The summed E-state index contributed by atoms with van der Waals surface area (Å²) in [4.78, 5) is 2.12. The summed E-state index contributed by atoms with van der Waals surface area (Å²) in [6.45, 7) is 10.1. The van der Waals surface area contributed by atoms with Crippen molar-refractivity contribution in [1.82, 2.24) is 4.58 Å². The van der Waals surface area contributed by atoms with E-state index >= 15 is 0 Å². The van der Waals surface area contributed by atoms with Gasteiger partial charge in [-0.15, -0.1) is 0 Å². The smallest absolute Gasteiger partial charge is 0.295 e. The summed E-state index contributed by atoms with van der Waals surface area (Å²) in [6, 6.07) is 35.5. The summed E-state index contributed by atoms with van der Waals surface area (Å²) >= 11 is 0. The molecule has 1 heterocycles. The van der Waals surface area contributed by atoms with Crippen LogP contribution in [0.4, 0.5) is 17.1 Å². The van der Waals surface area contributed by atoms with E-state index in [-0.39, 0.29) is 4.90 Å². The first kappa shape index (κ1) is 31.3. The molecule has 0 saturated heterocycles. The number of benzene rings is 5. The number of fused-ring (bicyclic) bond motifs is 2. The van der Waals surface area contributed by atoms with Gasteiger partial charge in [-0.25, -0.2) is 0 Å². The van der Waals surface area contributed by atoms with E-state index in [1.807, 2.05) is 36.4 Å². The summed E-state index contributed by atoms with van der Waals surface area (Å²) in [7, 11) is -4.50. The molecule has 7 heteroatoms. The molecule has 234 valence electrons. The molecule has 4 aromatic carbocycles. The first-order valence-corrected chi connectivity index (χ1v) is 17.3. The molecule has 2 aliphatic rings. The molecule has 0 spiro atoms. The van der Waals surface area contributed by atoms with E-state index in [9.17, 15) is 13.0 Å². The minimum atomic E-state index is -4.50. The van der Waals surface area contributed by atoms with Crippen LogP contribution in [-0.4, -0.2) is 26.1 Å². The number of hydrogen-bond donors (Lipinski definition) is 1. The Balaban J connectivity index is 1.69. The van der Waals surface area contributed by atoms with Gasteiger partial charge in [0.2, 0.25) is 11.0 Å². The maximum Gasteiger partial charge on any atom is 0.295 e. The van der Waals surface area contributed by atoms with E-state index in [4.69, 9.17) is 4.42 Å². The zero-order chi connectivity index (χ0) is 32.4. The van der Waals surface area contributed by atoms with Crippen molar-refractivity contribution in [2.24, 2.45) is 0 Å². The average molecular weight is 632 g/mol. The molecular formula is C39H39N2O4S+. The topological polar surface area (TPSA) is 73.8 Å². The third-order valence-corrected chi connectivity index (χ3v) is 9.62. The summed E-state index contributed by atoms with van der Waals surface area (Å²) in [5.41, 5.74) is 8.23. The second kappa shape index (κ2) is 12.9. The Morgan fingerprint density at radius 2 is 1.43 bits per heavy atom. The Morgan fingerprint density at radius 1 is 0.739 bits per heavy atom. The van der Waals surface area contributed by atoms with Gasteiger partial charge in [0.1, 0.15) is 22.8 Å². The highest BCUT2D eigenvalue weighted by Gasteiger charge is 2.25. The summed E-state index contributed by atoms with van der Waals surface area (Å²) < 4.78 is 44.5. The van der Waals surface area contributed by atoms with Crippen LogP contribution in [0.1, 0.15) is 38.8 Å². The molecule has 6 rings (SSSR count). The van der Waals surface area contributed by atoms with Gasteiger partial charge in [-0.1, -0.05) is 68.4 Å². The molecule has 1 N–H and O–H groups in total. The van der Waals surface area contributed by atoms with Crippen LogP contribution in [-0.2, 0) is 23.0 Å². The quantitative estimate of drug-likeness (QED) is 0.0980. The predicted octanol–water partition coefficient (Wildman–Crippen LogP) is 8.86. The third-order valence-electron chi connectivity index (χ3n) is 8.71. The lowest BCUT2D eigenvalue weighted by atomic mass is 9.93. The zero-order valence-electron chi connectivity index (χ0n) is 26.7. The zero-order valence-corrected chi connectivity index (χ0v) is 27.5. The Morgan fingerprint density at radius 3 is 2.15 bits per heavy atom. The van der Waals surface area contributed by atoms with Crippen molar-refractivity contribution in [2.75, 3.05) is 18.0 Å². The van der Waals surface area contributed by atoms with Gasteiger partial charge in [0.25, 0.3) is 10.1 Å². The van der Waals surface area contributed by atoms with Gasteiger partial charge in [0.15, 0.2) is 0 Å². The Hall–Kier alpha value is -4.72. The molecule has 6 nitrogen and oxygen atoms in total. The van der Waals surface area contributed by atoms with Crippen molar-refractivity contribution in [3.05, 3.63) is 126 Å². The molecule has 0 saturated carbocycles. The van der Waals surface area contributed by atoms with Gasteiger partial charge >= 0.3 is 0 Å². The lowest BCUT2D eigenvalue weighted by Gasteiger charge is -2.26. The Bertz CT molecular complexity index is 2200. The van der Waals surface area contributed by atoms with Crippen molar-refractivity contribution >= 4 is 38.1 Å². The molecule has 0 fully saturated rings. The lowest BCUT2D eigenvalue weighted by molar-refractivity contribution is 0.483. The minimum absolute atomic E-state index is 0.143. The molecule has 0 unspecified atom stereocenters. The molecule has 1 aliphatic heterocycles. The number of nitrogens with zero attached hydrogens (tertiary/aromatic N) is 2. The molecule has 0 radical (unpaired) electrons. The van der Waals surface area contributed by atoms with Crippen molar-refractivity contribution in [3.63, 3.8) is 0 Å². The first-order valence-electron chi connectivity index (χ1n) is 15.9. The Kier molecular flexibility index (Phi) is 8.80. The number of aryl methyl sites for hydroxylation is 2. The largest absolute Gasteiger partial charge is 0.456 e. The molecule has 4 aromatic rings. The SMILES string of the molecule is CCc1ccccc1N(CC)c1ccc2c(-c3ccccc3S(=O)(=O)O)c3ccc(=[N+](CC)c4ccccc4CC)cc-3oc2c1. The normalized spacial score (nSPS) is 12.5. The van der Waals surface area contributed by atoms with Gasteiger partial charge in [-0.3, -0.25) is 4.55 Å². The fraction of sp³-hybridized carbons (Fsp3) is 0.205. The fourth-order valence-electron chi connectivity index (χ4n) is 6.52. The number of rotatable bonds is 9. The fourth-order valence-corrected chi connectivity index (χ4v) is 7.22. The van der Waals surface area contributed by atoms with E-state index in [0.717, 1.165) is 59.3 Å². The lowest BCUT2D eigenvalue weighted by Crippen LogP contribution is -2.26. The molecule has 46 heavy (non-hydrogen) atoms. The molecule has 0 bridgehead atoms. The molecule has 1 aliphatic carbocycles. The van der Waals surface area contributed by atoms with Crippen molar-refractivity contribution in [3.8, 4) is 22.5 Å². The molecule has 0 atom stereocenters. The van der Waals surface area contributed by atoms with E-state index in [0.29, 0.717) is 22.5 Å². The van der Waals surface area contributed by atoms with E-state index < -0.39 is 10.1 Å². The average Bonchev–Trinajstić information content (AvgIpc) is 3.08. The molecule has 0 aromatic heterocycles. The number of para-hydroxylation sites is 2. The second-order valence-electron chi connectivity index (χ2n) is 11.3. The third kappa shape index (κ3) is 5.72. The van der Waals surface area contributed by atoms with Gasteiger partial charge in [0.05, 0.1) is 6.07 Å². The summed E-state index contributed by atoms with van der Waals surface area (Å²) in [6.07, 6.45) is 1.81.